The third-order valence-corrected chi connectivity index (χ3v) is 3.70. The summed E-state index contributed by atoms with van der Waals surface area (Å²) in [6, 6.07) is 0. The average molecular weight is 267 g/mol. The quantitative estimate of drug-likeness (QED) is 0.498. The first kappa shape index (κ1) is 16.2. The van der Waals surface area contributed by atoms with Crippen LogP contribution in [-0.4, -0.2) is 37.6 Å². The average Bonchev–Trinajstić information content (AvgIpc) is 2.76. The molecule has 1 fully saturated rings. The lowest BCUT2D eigenvalue weighted by atomic mass is 10.0. The number of ether oxygens (including phenoxy) is 1. The molecule has 0 heterocycles. The Morgan fingerprint density at radius 2 is 2.11 bits per heavy atom. The highest BCUT2D eigenvalue weighted by molar-refractivity contribution is 5.69. The van der Waals surface area contributed by atoms with Gasteiger partial charge in [0.25, 0.3) is 0 Å². The zero-order chi connectivity index (χ0) is 14.1. The molecule has 1 rings (SSSR count). The number of hydrogen-bond acceptors (Lipinski definition) is 3. The van der Waals surface area contributed by atoms with Crippen molar-refractivity contribution in [2.24, 2.45) is 5.92 Å². The Morgan fingerprint density at radius 3 is 2.79 bits per heavy atom. The highest BCUT2D eigenvalue weighted by atomic mass is 16.5. The summed E-state index contributed by atoms with van der Waals surface area (Å²) in [5.41, 5.74) is 0. The molecular formula is C16H29NO2. The Bertz CT molecular complexity index is 286. The fraction of sp³-hybridized carbons (Fsp3) is 0.812. The van der Waals surface area contributed by atoms with Crippen LogP contribution in [0.15, 0.2) is 12.2 Å². The van der Waals surface area contributed by atoms with Gasteiger partial charge in [0.05, 0.1) is 0 Å². The molecule has 0 amide bonds. The van der Waals surface area contributed by atoms with Crippen LogP contribution in [0.2, 0.25) is 0 Å². The number of nitrogens with zero attached hydrogens (tertiary/aromatic N) is 1. The molecule has 0 saturated heterocycles. The van der Waals surface area contributed by atoms with Crippen LogP contribution in [0.4, 0.5) is 0 Å². The van der Waals surface area contributed by atoms with E-state index in [0.29, 0.717) is 12.3 Å². The minimum atomic E-state index is -0.0155. The number of carbonyl (C=O) groups is 1. The molecule has 1 saturated carbocycles. The highest BCUT2D eigenvalue weighted by Gasteiger charge is 2.29. The standard InChI is InChI=1S/C16H29NO2/c1-4-5-6-9-14-10-7-11-15(14)19-16(18)12-8-13-17(2)3/h5-6,14-15H,4,7-13H2,1-3H3. The van der Waals surface area contributed by atoms with Crippen molar-refractivity contribution in [2.75, 3.05) is 20.6 Å². The summed E-state index contributed by atoms with van der Waals surface area (Å²) in [5.74, 6) is 0.527. The van der Waals surface area contributed by atoms with Crippen LogP contribution in [0.5, 0.6) is 0 Å². The molecule has 1 aliphatic rings. The lowest BCUT2D eigenvalue weighted by molar-refractivity contribution is -0.150. The molecule has 0 bridgehead atoms. The van der Waals surface area contributed by atoms with Gasteiger partial charge >= 0.3 is 5.97 Å². The Balaban J connectivity index is 2.25. The van der Waals surface area contributed by atoms with E-state index in [4.69, 9.17) is 4.74 Å². The monoisotopic (exact) mass is 267 g/mol. The van der Waals surface area contributed by atoms with Gasteiger partial charge in [-0.15, -0.1) is 0 Å². The van der Waals surface area contributed by atoms with E-state index < -0.39 is 0 Å². The van der Waals surface area contributed by atoms with Gasteiger partial charge in [0.2, 0.25) is 0 Å². The third-order valence-electron chi connectivity index (χ3n) is 3.70. The SMILES string of the molecule is CCC=CCC1CCCC1OC(=O)CCCN(C)C. The second-order valence-corrected chi connectivity index (χ2v) is 5.74. The van der Waals surface area contributed by atoms with E-state index in [1.165, 1.54) is 12.8 Å². The molecule has 3 heteroatoms. The summed E-state index contributed by atoms with van der Waals surface area (Å²) in [4.78, 5) is 13.9. The number of hydrogen-bond donors (Lipinski definition) is 0. The van der Waals surface area contributed by atoms with Crippen LogP contribution in [0, 0.1) is 5.92 Å². The van der Waals surface area contributed by atoms with Gasteiger partial charge in [-0.3, -0.25) is 4.79 Å². The van der Waals surface area contributed by atoms with Crippen molar-refractivity contribution in [3.05, 3.63) is 12.2 Å². The van der Waals surface area contributed by atoms with E-state index in [9.17, 15) is 4.79 Å². The summed E-state index contributed by atoms with van der Waals surface area (Å²) in [5, 5.41) is 0. The molecule has 0 aromatic rings. The first-order valence-electron chi connectivity index (χ1n) is 7.62. The third kappa shape index (κ3) is 6.76. The summed E-state index contributed by atoms with van der Waals surface area (Å²) in [6.45, 7) is 3.09. The van der Waals surface area contributed by atoms with Crippen LogP contribution in [0.25, 0.3) is 0 Å². The van der Waals surface area contributed by atoms with Crippen LogP contribution in [0.3, 0.4) is 0 Å². The van der Waals surface area contributed by atoms with Crippen molar-refractivity contribution in [3.63, 3.8) is 0 Å². The highest BCUT2D eigenvalue weighted by Crippen LogP contribution is 2.31. The minimum Gasteiger partial charge on any atom is -0.462 e. The smallest absolute Gasteiger partial charge is 0.306 e. The van der Waals surface area contributed by atoms with Gasteiger partial charge in [-0.2, -0.15) is 0 Å². The Hall–Kier alpha value is -0.830. The summed E-state index contributed by atoms with van der Waals surface area (Å²) < 4.78 is 5.65. The maximum absolute atomic E-state index is 11.8. The van der Waals surface area contributed by atoms with E-state index in [-0.39, 0.29) is 12.1 Å². The van der Waals surface area contributed by atoms with E-state index in [2.05, 4.69) is 24.0 Å². The lowest BCUT2D eigenvalue weighted by Gasteiger charge is -2.19. The molecule has 19 heavy (non-hydrogen) atoms. The van der Waals surface area contributed by atoms with E-state index >= 15 is 0 Å². The van der Waals surface area contributed by atoms with Gasteiger partial charge < -0.3 is 9.64 Å². The van der Waals surface area contributed by atoms with Gasteiger partial charge in [-0.1, -0.05) is 19.1 Å². The van der Waals surface area contributed by atoms with E-state index in [1.807, 2.05) is 14.1 Å². The van der Waals surface area contributed by atoms with Gasteiger partial charge in [0, 0.05) is 6.42 Å². The molecule has 2 unspecified atom stereocenters. The number of rotatable bonds is 8. The number of carbonyl (C=O) groups excluding carboxylic acids is 1. The second kappa shape index (κ2) is 9.13. The molecule has 110 valence electrons. The number of allylic oxidation sites excluding steroid dienone is 2. The molecule has 3 nitrogen and oxygen atoms in total. The Morgan fingerprint density at radius 1 is 1.32 bits per heavy atom. The van der Waals surface area contributed by atoms with Crippen LogP contribution in [0.1, 0.15) is 51.9 Å². The van der Waals surface area contributed by atoms with E-state index in [1.54, 1.807) is 0 Å². The van der Waals surface area contributed by atoms with Gasteiger partial charge in [0.1, 0.15) is 6.10 Å². The predicted octanol–water partition coefficient (Wildman–Crippen LogP) is 3.40. The van der Waals surface area contributed by atoms with E-state index in [0.717, 1.165) is 32.2 Å². The molecular weight excluding hydrogens is 238 g/mol. The fourth-order valence-corrected chi connectivity index (χ4v) is 2.63. The Kier molecular flexibility index (Phi) is 7.80. The fourth-order valence-electron chi connectivity index (χ4n) is 2.63. The van der Waals surface area contributed by atoms with Crippen molar-refractivity contribution in [2.45, 2.75) is 58.0 Å². The second-order valence-electron chi connectivity index (χ2n) is 5.74. The van der Waals surface area contributed by atoms with Crippen molar-refractivity contribution < 1.29 is 9.53 Å². The molecule has 0 aromatic carbocycles. The van der Waals surface area contributed by atoms with Gasteiger partial charge in [0.15, 0.2) is 0 Å². The maximum atomic E-state index is 11.8. The van der Waals surface area contributed by atoms with Crippen LogP contribution < -0.4 is 0 Å². The van der Waals surface area contributed by atoms with Gasteiger partial charge in [-0.25, -0.2) is 0 Å². The maximum Gasteiger partial charge on any atom is 0.306 e. The zero-order valence-corrected chi connectivity index (χ0v) is 12.7. The molecule has 0 spiro atoms. The first-order valence-corrected chi connectivity index (χ1v) is 7.62. The van der Waals surface area contributed by atoms with Gasteiger partial charge in [-0.05, 0) is 65.1 Å². The Labute approximate surface area is 118 Å². The predicted molar refractivity (Wildman–Crippen MR) is 79.1 cm³/mol. The zero-order valence-electron chi connectivity index (χ0n) is 12.7. The molecule has 0 N–H and O–H groups in total. The molecule has 1 aliphatic carbocycles. The summed E-state index contributed by atoms with van der Waals surface area (Å²) in [7, 11) is 4.05. The molecule has 0 aliphatic heterocycles. The number of esters is 1. The minimum absolute atomic E-state index is 0.0155. The van der Waals surface area contributed by atoms with Crippen molar-refractivity contribution in [1.29, 1.82) is 0 Å². The largest absolute Gasteiger partial charge is 0.462 e. The van der Waals surface area contributed by atoms with Crippen LogP contribution in [-0.2, 0) is 9.53 Å². The topological polar surface area (TPSA) is 29.5 Å². The first-order chi connectivity index (χ1) is 9.13. The molecule has 2 atom stereocenters. The normalized spacial score (nSPS) is 23.4. The molecule has 0 radical (unpaired) electrons. The van der Waals surface area contributed by atoms with Crippen molar-refractivity contribution >= 4 is 5.97 Å². The van der Waals surface area contributed by atoms with Crippen molar-refractivity contribution in [1.82, 2.24) is 4.90 Å². The van der Waals surface area contributed by atoms with Crippen LogP contribution >= 0.6 is 0 Å². The summed E-state index contributed by atoms with van der Waals surface area (Å²) >= 11 is 0. The molecule has 0 aromatic heterocycles. The lowest BCUT2D eigenvalue weighted by Crippen LogP contribution is -2.23. The van der Waals surface area contributed by atoms with Crippen molar-refractivity contribution in [3.8, 4) is 0 Å². The summed E-state index contributed by atoms with van der Waals surface area (Å²) in [6.07, 6.45) is 11.6.